The second-order valence-electron chi connectivity index (χ2n) is 3.96. The first-order valence-electron chi connectivity index (χ1n) is 5.61. The quantitative estimate of drug-likeness (QED) is 0.684. The molecular formula is C13H11N5. The molecule has 2 aromatic heterocycles. The minimum Gasteiger partial charge on any atom is -0.253 e. The average Bonchev–Trinajstić information content (AvgIpc) is 2.89. The van der Waals surface area contributed by atoms with E-state index in [2.05, 4.69) is 20.4 Å². The second kappa shape index (κ2) is 4.37. The normalized spacial score (nSPS) is 10.5. The predicted octanol–water partition coefficient (Wildman–Crippen LogP) is 2.03. The lowest BCUT2D eigenvalue weighted by Crippen LogP contribution is -1.99. The summed E-state index contributed by atoms with van der Waals surface area (Å²) in [7, 11) is 0. The summed E-state index contributed by atoms with van der Waals surface area (Å²) in [4.78, 5) is 5.71. The molecule has 0 N–H and O–H groups in total. The van der Waals surface area contributed by atoms with Crippen LogP contribution in [0.3, 0.4) is 0 Å². The van der Waals surface area contributed by atoms with Gasteiger partial charge in [0.1, 0.15) is 5.69 Å². The molecule has 0 unspecified atom stereocenters. The van der Waals surface area contributed by atoms with Gasteiger partial charge in [0.25, 0.3) is 0 Å². The molecule has 88 valence electrons. The van der Waals surface area contributed by atoms with Crippen molar-refractivity contribution in [2.24, 2.45) is 0 Å². The maximum absolute atomic E-state index is 4.32. The molecule has 0 spiro atoms. The Labute approximate surface area is 104 Å². The molecule has 1 aromatic carbocycles. The highest BCUT2D eigenvalue weighted by Gasteiger charge is 2.07. The van der Waals surface area contributed by atoms with Crippen molar-refractivity contribution < 1.29 is 0 Å². The van der Waals surface area contributed by atoms with E-state index in [0.717, 1.165) is 16.9 Å². The van der Waals surface area contributed by atoms with Crippen molar-refractivity contribution in [2.45, 2.75) is 6.92 Å². The maximum atomic E-state index is 4.32. The Morgan fingerprint density at radius 2 is 2.00 bits per heavy atom. The molecule has 0 fully saturated rings. The first-order chi connectivity index (χ1) is 8.83. The van der Waals surface area contributed by atoms with Crippen molar-refractivity contribution in [1.29, 1.82) is 0 Å². The van der Waals surface area contributed by atoms with Crippen molar-refractivity contribution >= 4 is 0 Å². The molecule has 5 heteroatoms. The van der Waals surface area contributed by atoms with Gasteiger partial charge in [-0.2, -0.15) is 0 Å². The lowest BCUT2D eigenvalue weighted by Gasteiger charge is -1.98. The van der Waals surface area contributed by atoms with Gasteiger partial charge in [0, 0.05) is 6.20 Å². The SMILES string of the molecule is Cc1cccc(-n2nnc(-c3ccccn3)n2)c1. The number of rotatable bonds is 2. The zero-order valence-corrected chi connectivity index (χ0v) is 9.85. The van der Waals surface area contributed by atoms with Crippen LogP contribution in [0.5, 0.6) is 0 Å². The van der Waals surface area contributed by atoms with Crippen molar-refractivity contribution in [3.8, 4) is 17.2 Å². The molecule has 0 atom stereocenters. The Kier molecular flexibility index (Phi) is 2.57. The highest BCUT2D eigenvalue weighted by Crippen LogP contribution is 2.11. The third-order valence-electron chi connectivity index (χ3n) is 2.54. The molecule has 0 amide bonds. The Hall–Kier alpha value is -2.56. The number of pyridine rings is 1. The van der Waals surface area contributed by atoms with Crippen molar-refractivity contribution in [3.63, 3.8) is 0 Å². The number of hydrogen-bond donors (Lipinski definition) is 0. The van der Waals surface area contributed by atoms with E-state index in [9.17, 15) is 0 Å². The predicted molar refractivity (Wildman–Crippen MR) is 67.1 cm³/mol. The van der Waals surface area contributed by atoms with E-state index < -0.39 is 0 Å². The van der Waals surface area contributed by atoms with E-state index in [4.69, 9.17) is 0 Å². The van der Waals surface area contributed by atoms with Crippen LogP contribution in [0.1, 0.15) is 5.56 Å². The Balaban J connectivity index is 2.00. The number of benzene rings is 1. The van der Waals surface area contributed by atoms with Crippen LogP contribution in [0.4, 0.5) is 0 Å². The lowest BCUT2D eigenvalue weighted by molar-refractivity contribution is 0.719. The van der Waals surface area contributed by atoms with Gasteiger partial charge in [0.05, 0.1) is 5.69 Å². The fraction of sp³-hybridized carbons (Fsp3) is 0.0769. The van der Waals surface area contributed by atoms with Gasteiger partial charge in [-0.3, -0.25) is 4.98 Å². The molecule has 0 aliphatic heterocycles. The van der Waals surface area contributed by atoms with Crippen LogP contribution in [-0.2, 0) is 0 Å². The summed E-state index contributed by atoms with van der Waals surface area (Å²) in [5.41, 5.74) is 2.77. The van der Waals surface area contributed by atoms with Crippen LogP contribution in [0, 0.1) is 6.92 Å². The minimum atomic E-state index is 0.525. The zero-order chi connectivity index (χ0) is 12.4. The molecule has 5 nitrogen and oxygen atoms in total. The molecule has 0 aliphatic carbocycles. The molecule has 0 radical (unpaired) electrons. The van der Waals surface area contributed by atoms with Gasteiger partial charge in [0.2, 0.25) is 5.82 Å². The summed E-state index contributed by atoms with van der Waals surface area (Å²) >= 11 is 0. The number of hydrogen-bond acceptors (Lipinski definition) is 4. The first kappa shape index (κ1) is 10.6. The maximum Gasteiger partial charge on any atom is 0.223 e. The smallest absolute Gasteiger partial charge is 0.223 e. The third kappa shape index (κ3) is 1.98. The third-order valence-corrected chi connectivity index (χ3v) is 2.54. The van der Waals surface area contributed by atoms with Crippen LogP contribution in [0.15, 0.2) is 48.7 Å². The average molecular weight is 237 g/mol. The van der Waals surface area contributed by atoms with E-state index in [1.165, 1.54) is 4.80 Å². The summed E-state index contributed by atoms with van der Waals surface area (Å²) in [6.45, 7) is 2.03. The van der Waals surface area contributed by atoms with Gasteiger partial charge in [-0.25, -0.2) is 0 Å². The van der Waals surface area contributed by atoms with Crippen LogP contribution >= 0.6 is 0 Å². The van der Waals surface area contributed by atoms with Gasteiger partial charge < -0.3 is 0 Å². The largest absolute Gasteiger partial charge is 0.253 e. The Morgan fingerprint density at radius 1 is 1.06 bits per heavy atom. The van der Waals surface area contributed by atoms with E-state index >= 15 is 0 Å². The van der Waals surface area contributed by atoms with Crippen LogP contribution in [0.25, 0.3) is 17.2 Å². The number of tetrazole rings is 1. The van der Waals surface area contributed by atoms with E-state index in [0.29, 0.717) is 5.82 Å². The monoisotopic (exact) mass is 237 g/mol. The lowest BCUT2D eigenvalue weighted by atomic mass is 10.2. The summed E-state index contributed by atoms with van der Waals surface area (Å²) < 4.78 is 0. The standard InChI is InChI=1S/C13H11N5/c1-10-5-4-6-11(9-10)18-16-13(15-17-18)12-7-2-3-8-14-12/h2-9H,1H3. The highest BCUT2D eigenvalue weighted by atomic mass is 15.6. The van der Waals surface area contributed by atoms with E-state index in [1.807, 2.05) is 49.4 Å². The molecule has 18 heavy (non-hydrogen) atoms. The van der Waals surface area contributed by atoms with Crippen molar-refractivity contribution in [1.82, 2.24) is 25.2 Å². The first-order valence-corrected chi connectivity index (χ1v) is 5.61. The fourth-order valence-corrected chi connectivity index (χ4v) is 1.67. The van der Waals surface area contributed by atoms with Gasteiger partial charge in [-0.05, 0) is 42.0 Å². The molecule has 0 bridgehead atoms. The molecular weight excluding hydrogens is 226 g/mol. The number of nitrogens with zero attached hydrogens (tertiary/aromatic N) is 5. The molecule has 2 heterocycles. The fourth-order valence-electron chi connectivity index (χ4n) is 1.67. The topological polar surface area (TPSA) is 56.5 Å². The minimum absolute atomic E-state index is 0.525. The molecule has 0 saturated carbocycles. The van der Waals surface area contributed by atoms with Gasteiger partial charge in [-0.15, -0.1) is 15.0 Å². The molecule has 3 aromatic rings. The Bertz CT molecular complexity index is 660. The van der Waals surface area contributed by atoms with E-state index in [1.54, 1.807) is 6.20 Å². The van der Waals surface area contributed by atoms with E-state index in [-0.39, 0.29) is 0 Å². The summed E-state index contributed by atoms with van der Waals surface area (Å²) in [5, 5.41) is 12.4. The molecule has 0 aliphatic rings. The van der Waals surface area contributed by atoms with Crippen LogP contribution in [0.2, 0.25) is 0 Å². The van der Waals surface area contributed by atoms with Crippen molar-refractivity contribution in [3.05, 3.63) is 54.2 Å². The zero-order valence-electron chi connectivity index (χ0n) is 9.85. The van der Waals surface area contributed by atoms with Gasteiger partial charge in [0.15, 0.2) is 0 Å². The summed E-state index contributed by atoms with van der Waals surface area (Å²) in [5.74, 6) is 0.525. The van der Waals surface area contributed by atoms with Crippen molar-refractivity contribution in [2.75, 3.05) is 0 Å². The highest BCUT2D eigenvalue weighted by molar-refractivity contribution is 5.47. The van der Waals surface area contributed by atoms with Crippen LogP contribution < -0.4 is 0 Å². The summed E-state index contributed by atoms with van der Waals surface area (Å²) in [6, 6.07) is 13.6. The van der Waals surface area contributed by atoms with Gasteiger partial charge >= 0.3 is 0 Å². The number of aryl methyl sites for hydroxylation is 1. The molecule has 3 rings (SSSR count). The Morgan fingerprint density at radius 3 is 2.78 bits per heavy atom. The summed E-state index contributed by atoms with van der Waals surface area (Å²) in [6.07, 6.45) is 1.71. The second-order valence-corrected chi connectivity index (χ2v) is 3.96. The molecule has 0 saturated heterocycles. The van der Waals surface area contributed by atoms with Crippen LogP contribution in [-0.4, -0.2) is 25.2 Å². The number of aromatic nitrogens is 5. The van der Waals surface area contributed by atoms with Gasteiger partial charge in [-0.1, -0.05) is 18.2 Å².